The van der Waals surface area contributed by atoms with Crippen molar-refractivity contribution in [1.82, 2.24) is 79.2 Å². The van der Waals surface area contributed by atoms with Crippen LogP contribution in [0.25, 0.3) is 55.6 Å². The minimum absolute atomic E-state index is 0.100. The molecule has 2 saturated carbocycles. The zero-order valence-corrected chi connectivity index (χ0v) is 76.8. The number of aliphatic imine (C=N–C) groups is 1. The number of hydrogen-bond donors (Lipinski definition) is 1. The molecule has 0 bridgehead atoms. The van der Waals surface area contributed by atoms with Crippen molar-refractivity contribution >= 4 is 85.2 Å². The zero-order valence-electron chi connectivity index (χ0n) is 73.8. The number of nitrogens with zero attached hydrogens (tertiary/aromatic N) is 18. The molecule has 2 fully saturated rings. The summed E-state index contributed by atoms with van der Waals surface area (Å²) >= 11 is 23.3. The molecule has 19 aromatic rings. The van der Waals surface area contributed by atoms with Crippen LogP contribution in [0.3, 0.4) is 0 Å². The van der Waals surface area contributed by atoms with Crippen molar-refractivity contribution in [2.45, 2.75) is 113 Å². The van der Waals surface area contributed by atoms with Gasteiger partial charge in [-0.15, -0.1) is 0 Å². The first-order valence-electron chi connectivity index (χ1n) is 44.6. The number of aromatic nitrogens is 16. The van der Waals surface area contributed by atoms with Crippen LogP contribution < -0.4 is 5.73 Å². The molecule has 2 aliphatic carbocycles. The fourth-order valence-corrected chi connectivity index (χ4v) is 19.4. The maximum atomic E-state index is 9.85. The smallest absolute Gasteiger partial charge is 0.164 e. The van der Waals surface area contributed by atoms with Crippen molar-refractivity contribution in [1.29, 1.82) is 5.26 Å². The Morgan fingerprint density at radius 3 is 0.970 bits per heavy atom. The maximum absolute atomic E-state index is 9.85. The summed E-state index contributed by atoms with van der Waals surface area (Å²) in [4.78, 5) is 48.0. The molecule has 133 heavy (non-hydrogen) atoms. The molecule has 0 unspecified atom stereocenters. The monoisotopic (exact) mass is 1820 g/mol. The second-order valence-electron chi connectivity index (χ2n) is 32.9. The van der Waals surface area contributed by atoms with Crippen LogP contribution in [-0.2, 0) is 53.3 Å². The molecular weight excluding hydrogens is 1730 g/mol. The summed E-state index contributed by atoms with van der Waals surface area (Å²) in [5.74, 6) is 0. The third kappa shape index (κ3) is 16.9. The molecule has 0 saturated heterocycles. The van der Waals surface area contributed by atoms with Crippen LogP contribution in [0, 0.1) is 11.3 Å². The predicted molar refractivity (Wildman–Crippen MR) is 530 cm³/mol. The number of fused-ring (bicyclic) bond motifs is 4. The largest absolute Gasteiger partial charge is 0.330 e. The minimum atomic E-state index is -0.776. The molecular formula is C110H93Cl4N19. The average molecular weight is 1820 g/mol. The summed E-state index contributed by atoms with van der Waals surface area (Å²) in [5, 5.41) is 30.1. The Morgan fingerprint density at radius 2 is 0.654 bits per heavy atom. The molecule has 1 aliphatic heterocycles. The molecule has 0 amide bonds. The molecule has 0 spiro atoms. The third-order valence-electron chi connectivity index (χ3n) is 25.4. The van der Waals surface area contributed by atoms with E-state index >= 15 is 0 Å². The lowest BCUT2D eigenvalue weighted by molar-refractivity contribution is 0.468. The first kappa shape index (κ1) is 89.1. The van der Waals surface area contributed by atoms with E-state index in [1.165, 1.54) is 30.6 Å². The van der Waals surface area contributed by atoms with Gasteiger partial charge in [0.05, 0.1) is 73.9 Å². The van der Waals surface area contributed by atoms with Crippen LogP contribution in [0.1, 0.15) is 149 Å². The molecule has 22 rings (SSSR count). The Labute approximate surface area is 792 Å². The van der Waals surface area contributed by atoms with Crippen LogP contribution in [0.2, 0.25) is 20.6 Å². The number of nitriles is 1. The normalized spacial score (nSPS) is 13.3. The lowest BCUT2D eigenvalue weighted by Gasteiger charge is -2.36. The number of aryl methyl sites for hydroxylation is 3. The first-order valence-corrected chi connectivity index (χ1v) is 46.2. The van der Waals surface area contributed by atoms with Gasteiger partial charge in [-0.3, -0.25) is 4.99 Å². The summed E-state index contributed by atoms with van der Waals surface area (Å²) in [5.41, 5.74) is 27.8. The lowest BCUT2D eigenvalue weighted by Crippen LogP contribution is -2.38. The Hall–Kier alpha value is -14.5. The highest BCUT2D eigenvalue weighted by Crippen LogP contribution is 2.52. The molecule has 2 N–H and O–H groups in total. The molecule has 9 heterocycles. The number of rotatable bonds is 21. The second-order valence-corrected chi connectivity index (χ2v) is 34.4. The molecule has 23 heteroatoms. The van der Waals surface area contributed by atoms with E-state index in [0.717, 1.165) is 191 Å². The predicted octanol–water partition coefficient (Wildman–Crippen LogP) is 23.8. The SMILES string of the molecule is CCC1=NCc2ncnc(Cl)c21.CCc1nn(C(c2ccccc2)(c2ccccc2)c2ccccc2)c2ncnc(-c3cccc(C4(C#N)CC4)c3)c12.CCc1nn(C(c2ccccc2)(c2ccccc2)c2ccccc2)c2ncnc(-c3cccc(C4(CN)CC4)c3)c12.CCc1nn(C(c2ccccc2)(c2ccccc2)c2ccccc2)c2ncnc(Cl)c12.Clc1cc(Cl)ncn1. The van der Waals surface area contributed by atoms with Crippen molar-refractivity contribution in [2.75, 3.05) is 6.54 Å². The van der Waals surface area contributed by atoms with E-state index < -0.39 is 16.6 Å². The summed E-state index contributed by atoms with van der Waals surface area (Å²) in [7, 11) is 0. The van der Waals surface area contributed by atoms with E-state index in [1.807, 2.05) is 47.1 Å². The maximum Gasteiger partial charge on any atom is 0.164 e. The number of benzene rings is 11. The van der Waals surface area contributed by atoms with Crippen molar-refractivity contribution in [2.24, 2.45) is 10.7 Å². The van der Waals surface area contributed by atoms with Gasteiger partial charge in [-0.1, -0.05) is 383 Å². The highest BCUT2D eigenvalue weighted by atomic mass is 35.5. The van der Waals surface area contributed by atoms with Crippen LogP contribution in [0.4, 0.5) is 0 Å². The topological polar surface area (TPSA) is 245 Å². The van der Waals surface area contributed by atoms with E-state index in [9.17, 15) is 5.26 Å². The van der Waals surface area contributed by atoms with Gasteiger partial charge in [-0.05, 0) is 125 Å². The van der Waals surface area contributed by atoms with Gasteiger partial charge in [0.15, 0.2) is 16.9 Å². The van der Waals surface area contributed by atoms with Gasteiger partial charge in [0.25, 0.3) is 0 Å². The Kier molecular flexibility index (Phi) is 26.3. The summed E-state index contributed by atoms with van der Waals surface area (Å²) in [6.45, 7) is 9.73. The van der Waals surface area contributed by atoms with Crippen LogP contribution in [-0.4, -0.2) is 91.4 Å². The van der Waals surface area contributed by atoms with Crippen molar-refractivity contribution in [3.8, 4) is 28.6 Å². The quantitative estimate of drug-likeness (QED) is 0.0519. The average Bonchev–Trinajstić information content (AvgIpc) is 1.62. The van der Waals surface area contributed by atoms with Crippen LogP contribution in [0.5, 0.6) is 0 Å². The standard InChI is InChI=1S/C36H33N5.C36H29N5.C26H21ClN4.C8H8ClN3.C4H2Cl2N2/c2*1-2-31-32-33(26-13-12-20-30(23-26)35(24-37)21-22-35)38-25-39-34(32)41(40-31)36(27-14-6-3-7-15-27,28-16-8-4-9-17-28)29-18-10-5-11-19-29;1-2-22-23-24(27)28-18-29-25(23)31(30-22)26(19-12-6-3-7-13-19,20-14-8-4-9-15-20)21-16-10-5-11-17-21;1-2-5-7-6(3-10-5)11-4-12-8(7)9;5-3-1-4(6)8-2-7-3/h3-20,23,25H,2,21-22,24,37H2,1H3;3-20,23,25H,2,21-22H2,1H3;3-18H,2H2,1H3;4H,2-3H2,1H3;1-2H. The lowest BCUT2D eigenvalue weighted by atomic mass is 9.77. The molecule has 0 radical (unpaired) electrons. The molecule has 11 aromatic carbocycles. The first-order chi connectivity index (χ1) is 65.3. The van der Waals surface area contributed by atoms with Gasteiger partial charge < -0.3 is 5.73 Å². The van der Waals surface area contributed by atoms with Gasteiger partial charge in [0.1, 0.15) is 68.9 Å². The van der Waals surface area contributed by atoms with E-state index in [-0.39, 0.29) is 10.8 Å². The number of halogens is 4. The summed E-state index contributed by atoms with van der Waals surface area (Å²) in [6, 6.07) is 116. The molecule has 656 valence electrons. The van der Waals surface area contributed by atoms with E-state index in [4.69, 9.17) is 87.4 Å². The minimum Gasteiger partial charge on any atom is -0.330 e. The fraction of sp³-hybridized carbons (Fsp3) is 0.173. The van der Waals surface area contributed by atoms with Crippen molar-refractivity contribution in [3.05, 3.63) is 469 Å². The van der Waals surface area contributed by atoms with Gasteiger partial charge in [-0.25, -0.2) is 63.9 Å². The van der Waals surface area contributed by atoms with Crippen LogP contribution >= 0.6 is 46.4 Å². The van der Waals surface area contributed by atoms with Crippen molar-refractivity contribution in [3.63, 3.8) is 0 Å². The van der Waals surface area contributed by atoms with E-state index in [1.54, 1.807) is 12.7 Å². The number of nitrogens with two attached hydrogens (primary N) is 1. The highest BCUT2D eigenvalue weighted by Gasteiger charge is 2.48. The van der Waals surface area contributed by atoms with Crippen LogP contribution in [0.15, 0.2) is 364 Å². The highest BCUT2D eigenvalue weighted by molar-refractivity contribution is 6.34. The number of hydrogen-bond acceptors (Lipinski definition) is 16. The fourth-order valence-electron chi connectivity index (χ4n) is 18.6. The van der Waals surface area contributed by atoms with Gasteiger partial charge >= 0.3 is 0 Å². The molecule has 3 aliphatic rings. The summed E-state index contributed by atoms with van der Waals surface area (Å²) in [6.07, 6.45) is 14.8. The Morgan fingerprint density at radius 1 is 0.338 bits per heavy atom. The van der Waals surface area contributed by atoms with Gasteiger partial charge in [-0.2, -0.15) is 20.6 Å². The molecule has 0 atom stereocenters. The second kappa shape index (κ2) is 39.3. The molecule has 19 nitrogen and oxygen atoms in total. The van der Waals surface area contributed by atoms with Gasteiger partial charge in [0, 0.05) is 34.9 Å². The van der Waals surface area contributed by atoms with Gasteiger partial charge in [0.2, 0.25) is 0 Å². The van der Waals surface area contributed by atoms with E-state index in [2.05, 4.69) is 357 Å². The molecule has 8 aromatic heterocycles. The Bertz CT molecular complexity index is 7040. The van der Waals surface area contributed by atoms with E-state index in [0.29, 0.717) is 39.3 Å². The zero-order chi connectivity index (χ0) is 91.5. The Balaban J connectivity index is 0.000000121. The van der Waals surface area contributed by atoms with Crippen molar-refractivity contribution < 1.29 is 0 Å². The summed E-state index contributed by atoms with van der Waals surface area (Å²) < 4.78 is 6.26. The third-order valence-corrected chi connectivity index (χ3v) is 26.4.